The van der Waals surface area contributed by atoms with Gasteiger partial charge in [-0.15, -0.1) is 0 Å². The van der Waals surface area contributed by atoms with Crippen LogP contribution in [0.15, 0.2) is 0 Å². The van der Waals surface area contributed by atoms with E-state index in [2.05, 4.69) is 13.8 Å². The van der Waals surface area contributed by atoms with E-state index in [1.807, 2.05) is 13.8 Å². The minimum atomic E-state index is -0.722. The molecule has 4 nitrogen and oxygen atoms in total. The van der Waals surface area contributed by atoms with Gasteiger partial charge >= 0.3 is 6.09 Å². The van der Waals surface area contributed by atoms with Crippen molar-refractivity contribution in [3.8, 4) is 0 Å². The Morgan fingerprint density at radius 2 is 1.93 bits per heavy atom. The molecule has 0 aliphatic rings. The van der Waals surface area contributed by atoms with Crippen molar-refractivity contribution >= 4 is 6.09 Å². The number of carbonyl (C=O) groups is 1. The molecule has 1 atom stereocenters. The third-order valence-corrected chi connectivity index (χ3v) is 2.30. The zero-order valence-electron chi connectivity index (χ0n) is 10.2. The van der Waals surface area contributed by atoms with E-state index in [-0.39, 0.29) is 0 Å². The van der Waals surface area contributed by atoms with Crippen molar-refractivity contribution in [3.05, 3.63) is 0 Å². The van der Waals surface area contributed by atoms with Crippen molar-refractivity contribution < 1.29 is 9.53 Å². The second kappa shape index (κ2) is 5.95. The molecule has 0 unspecified atom stereocenters. The maximum atomic E-state index is 10.7. The summed E-state index contributed by atoms with van der Waals surface area (Å²) in [6.45, 7) is 8.65. The fourth-order valence-electron chi connectivity index (χ4n) is 1.94. The van der Waals surface area contributed by atoms with Gasteiger partial charge < -0.3 is 16.2 Å². The van der Waals surface area contributed by atoms with Crippen molar-refractivity contribution in [1.29, 1.82) is 0 Å². The van der Waals surface area contributed by atoms with E-state index in [9.17, 15) is 4.79 Å². The number of primary amides is 1. The van der Waals surface area contributed by atoms with Crippen molar-refractivity contribution in [1.82, 2.24) is 0 Å². The van der Waals surface area contributed by atoms with Gasteiger partial charge in [-0.25, -0.2) is 4.79 Å². The van der Waals surface area contributed by atoms with E-state index in [4.69, 9.17) is 16.2 Å². The van der Waals surface area contributed by atoms with Gasteiger partial charge in [0.2, 0.25) is 0 Å². The predicted molar refractivity (Wildman–Crippen MR) is 61.4 cm³/mol. The van der Waals surface area contributed by atoms with Crippen molar-refractivity contribution in [2.24, 2.45) is 23.3 Å². The van der Waals surface area contributed by atoms with E-state index in [0.29, 0.717) is 18.4 Å². The summed E-state index contributed by atoms with van der Waals surface area (Å²) in [5.41, 5.74) is 10.2. The Morgan fingerprint density at radius 1 is 1.40 bits per heavy atom. The van der Waals surface area contributed by atoms with Crippen LogP contribution in [0.1, 0.15) is 40.5 Å². The SMILES string of the molecule is CC(C)C[C@@H](CN)CC(C)(C)OC(N)=O. The van der Waals surface area contributed by atoms with E-state index >= 15 is 0 Å². The first-order valence-corrected chi connectivity index (χ1v) is 5.45. The molecule has 0 aromatic rings. The predicted octanol–water partition coefficient (Wildman–Crippen LogP) is 1.87. The molecule has 0 radical (unpaired) electrons. The van der Waals surface area contributed by atoms with Crippen LogP contribution in [-0.4, -0.2) is 18.2 Å². The standard InChI is InChI=1S/C11H24N2O2/c1-8(2)5-9(7-12)6-11(3,4)15-10(13)14/h8-9H,5-7,12H2,1-4H3,(H2,13,14)/t9-/m1/s1. The zero-order valence-corrected chi connectivity index (χ0v) is 10.2. The summed E-state index contributed by atoms with van der Waals surface area (Å²) >= 11 is 0. The van der Waals surface area contributed by atoms with Crippen molar-refractivity contribution in [3.63, 3.8) is 0 Å². The number of nitrogens with two attached hydrogens (primary N) is 2. The largest absolute Gasteiger partial charge is 0.444 e. The molecular weight excluding hydrogens is 192 g/mol. The first kappa shape index (κ1) is 14.2. The lowest BCUT2D eigenvalue weighted by Crippen LogP contribution is -2.35. The number of amides is 1. The minimum absolute atomic E-state index is 0.374. The first-order valence-electron chi connectivity index (χ1n) is 5.45. The number of ether oxygens (including phenoxy) is 1. The lowest BCUT2D eigenvalue weighted by Gasteiger charge is -2.29. The fraction of sp³-hybridized carbons (Fsp3) is 0.909. The zero-order chi connectivity index (χ0) is 12.1. The summed E-state index contributed by atoms with van der Waals surface area (Å²) in [5, 5.41) is 0. The topological polar surface area (TPSA) is 78.3 Å². The van der Waals surface area contributed by atoms with Crippen LogP contribution in [0.5, 0.6) is 0 Å². The molecule has 0 spiro atoms. The molecule has 0 saturated heterocycles. The van der Waals surface area contributed by atoms with Crippen molar-refractivity contribution in [2.45, 2.75) is 46.1 Å². The Bertz CT molecular complexity index is 203. The molecule has 4 heteroatoms. The van der Waals surface area contributed by atoms with Crippen LogP contribution < -0.4 is 11.5 Å². The molecule has 0 aliphatic carbocycles. The van der Waals surface area contributed by atoms with Gasteiger partial charge in [-0.3, -0.25) is 0 Å². The van der Waals surface area contributed by atoms with Crippen LogP contribution in [0.25, 0.3) is 0 Å². The molecule has 0 aliphatic heterocycles. The highest BCUT2D eigenvalue weighted by atomic mass is 16.6. The summed E-state index contributed by atoms with van der Waals surface area (Å²) < 4.78 is 5.03. The Labute approximate surface area is 92.3 Å². The molecule has 0 heterocycles. The highest BCUT2D eigenvalue weighted by Crippen LogP contribution is 2.24. The van der Waals surface area contributed by atoms with Gasteiger partial charge in [0.1, 0.15) is 5.60 Å². The molecule has 0 fully saturated rings. The lowest BCUT2D eigenvalue weighted by molar-refractivity contribution is 0.0251. The molecule has 0 aromatic carbocycles. The highest BCUT2D eigenvalue weighted by molar-refractivity contribution is 5.65. The van der Waals surface area contributed by atoms with Gasteiger partial charge in [-0.1, -0.05) is 13.8 Å². The molecule has 1 amide bonds. The normalized spacial score (nSPS) is 14.0. The number of rotatable bonds is 6. The van der Waals surface area contributed by atoms with Gasteiger partial charge in [0.15, 0.2) is 0 Å². The van der Waals surface area contributed by atoms with E-state index < -0.39 is 11.7 Å². The number of hydrogen-bond acceptors (Lipinski definition) is 3. The lowest BCUT2D eigenvalue weighted by atomic mass is 9.87. The Kier molecular flexibility index (Phi) is 5.65. The molecule has 90 valence electrons. The van der Waals surface area contributed by atoms with Crippen LogP contribution in [0, 0.1) is 11.8 Å². The summed E-state index contributed by atoms with van der Waals surface area (Å²) in [6, 6.07) is 0. The van der Waals surface area contributed by atoms with Gasteiger partial charge in [0, 0.05) is 0 Å². The molecule has 0 rings (SSSR count). The second-order valence-electron chi connectivity index (χ2n) is 5.12. The molecule has 0 saturated carbocycles. The average Bonchev–Trinajstić information content (AvgIpc) is 1.98. The average molecular weight is 216 g/mol. The fourth-order valence-corrected chi connectivity index (χ4v) is 1.94. The molecule has 15 heavy (non-hydrogen) atoms. The number of hydrogen-bond donors (Lipinski definition) is 2. The maximum absolute atomic E-state index is 10.7. The quantitative estimate of drug-likeness (QED) is 0.711. The Hall–Kier alpha value is -0.770. The van der Waals surface area contributed by atoms with Crippen LogP contribution >= 0.6 is 0 Å². The molecular formula is C11H24N2O2. The molecule has 4 N–H and O–H groups in total. The van der Waals surface area contributed by atoms with Gasteiger partial charge in [0.05, 0.1) is 0 Å². The number of carbonyl (C=O) groups excluding carboxylic acids is 1. The Balaban J connectivity index is 4.20. The van der Waals surface area contributed by atoms with E-state index in [1.165, 1.54) is 0 Å². The van der Waals surface area contributed by atoms with E-state index in [0.717, 1.165) is 12.8 Å². The summed E-state index contributed by atoms with van der Waals surface area (Å²) in [4.78, 5) is 10.7. The summed E-state index contributed by atoms with van der Waals surface area (Å²) in [6.07, 6.45) is 1.08. The summed E-state index contributed by atoms with van der Waals surface area (Å²) in [7, 11) is 0. The maximum Gasteiger partial charge on any atom is 0.405 e. The van der Waals surface area contributed by atoms with Crippen LogP contribution in [0.4, 0.5) is 4.79 Å². The van der Waals surface area contributed by atoms with Crippen LogP contribution in [0.2, 0.25) is 0 Å². The summed E-state index contributed by atoms with van der Waals surface area (Å²) in [5.74, 6) is 0.974. The smallest absolute Gasteiger partial charge is 0.405 e. The first-order chi connectivity index (χ1) is 6.76. The molecule has 0 bridgehead atoms. The molecule has 0 aromatic heterocycles. The monoisotopic (exact) mass is 216 g/mol. The third-order valence-electron chi connectivity index (χ3n) is 2.30. The van der Waals surface area contributed by atoms with Crippen LogP contribution in [-0.2, 0) is 4.74 Å². The van der Waals surface area contributed by atoms with Gasteiger partial charge in [-0.2, -0.15) is 0 Å². The third kappa shape index (κ3) is 7.19. The Morgan fingerprint density at radius 3 is 2.27 bits per heavy atom. The highest BCUT2D eigenvalue weighted by Gasteiger charge is 2.26. The van der Waals surface area contributed by atoms with Crippen molar-refractivity contribution in [2.75, 3.05) is 6.54 Å². The second-order valence-corrected chi connectivity index (χ2v) is 5.12. The van der Waals surface area contributed by atoms with Crippen LogP contribution in [0.3, 0.4) is 0 Å². The minimum Gasteiger partial charge on any atom is -0.444 e. The van der Waals surface area contributed by atoms with E-state index in [1.54, 1.807) is 0 Å². The van der Waals surface area contributed by atoms with Gasteiger partial charge in [-0.05, 0) is 45.1 Å². The van der Waals surface area contributed by atoms with Gasteiger partial charge in [0.25, 0.3) is 0 Å².